The third-order valence-electron chi connectivity index (χ3n) is 2.83. The van der Waals surface area contributed by atoms with Crippen LogP contribution in [0.3, 0.4) is 0 Å². The smallest absolute Gasteiger partial charge is 0.410 e. The summed E-state index contributed by atoms with van der Waals surface area (Å²) in [4.78, 5) is 25.7. The summed E-state index contributed by atoms with van der Waals surface area (Å²) in [6.45, 7) is 10.7. The number of unbranched alkanes of at least 4 members (excludes halogenated alkanes) is 1. The average molecular weight is 287 g/mol. The van der Waals surface area contributed by atoms with Crippen molar-refractivity contribution < 1.29 is 19.1 Å². The predicted octanol–water partition coefficient (Wildman–Crippen LogP) is 3.22. The highest BCUT2D eigenvalue weighted by molar-refractivity contribution is 5.81. The van der Waals surface area contributed by atoms with E-state index in [1.807, 2.05) is 13.8 Å². The van der Waals surface area contributed by atoms with Crippen LogP contribution < -0.4 is 0 Å². The van der Waals surface area contributed by atoms with Crippen molar-refractivity contribution in [3.8, 4) is 0 Å². The van der Waals surface area contributed by atoms with Crippen LogP contribution in [0.5, 0.6) is 0 Å². The van der Waals surface area contributed by atoms with Gasteiger partial charge in [0, 0.05) is 6.54 Å². The van der Waals surface area contributed by atoms with Gasteiger partial charge in [0.05, 0.1) is 13.2 Å². The van der Waals surface area contributed by atoms with Gasteiger partial charge in [0.1, 0.15) is 6.04 Å². The van der Waals surface area contributed by atoms with Gasteiger partial charge < -0.3 is 9.47 Å². The summed E-state index contributed by atoms with van der Waals surface area (Å²) >= 11 is 0. The normalized spacial score (nSPS) is 12.1. The lowest BCUT2D eigenvalue weighted by Crippen LogP contribution is -2.47. The molecule has 0 N–H and O–H groups in total. The van der Waals surface area contributed by atoms with Crippen molar-refractivity contribution in [2.24, 2.45) is 5.92 Å². The minimum atomic E-state index is -0.545. The molecular weight excluding hydrogens is 258 g/mol. The molecule has 0 radical (unpaired) electrons. The Bertz CT molecular complexity index is 292. The second kappa shape index (κ2) is 10.5. The molecule has 0 aliphatic carbocycles. The van der Waals surface area contributed by atoms with Crippen molar-refractivity contribution in [1.82, 2.24) is 4.90 Å². The molecule has 1 atom stereocenters. The van der Waals surface area contributed by atoms with Gasteiger partial charge in [-0.1, -0.05) is 33.6 Å². The van der Waals surface area contributed by atoms with Crippen LogP contribution in [0.1, 0.15) is 53.9 Å². The largest absolute Gasteiger partial charge is 0.464 e. The second-order valence-electron chi connectivity index (χ2n) is 5.16. The molecule has 0 rings (SSSR count). The van der Waals surface area contributed by atoms with Crippen LogP contribution in [0, 0.1) is 5.92 Å². The van der Waals surface area contributed by atoms with Gasteiger partial charge in [-0.2, -0.15) is 0 Å². The highest BCUT2D eigenvalue weighted by Gasteiger charge is 2.31. The molecular formula is C15H29NO4. The summed E-state index contributed by atoms with van der Waals surface area (Å²) in [5, 5.41) is 0. The zero-order valence-corrected chi connectivity index (χ0v) is 13.5. The number of rotatable bonds is 9. The van der Waals surface area contributed by atoms with E-state index in [-0.39, 0.29) is 11.9 Å². The molecule has 1 unspecified atom stereocenters. The number of hydrogen-bond donors (Lipinski definition) is 0. The summed E-state index contributed by atoms with van der Waals surface area (Å²) < 4.78 is 10.2. The molecule has 0 aromatic heterocycles. The third kappa shape index (κ3) is 6.78. The van der Waals surface area contributed by atoms with Crippen molar-refractivity contribution in [2.75, 3.05) is 19.8 Å². The van der Waals surface area contributed by atoms with E-state index >= 15 is 0 Å². The Morgan fingerprint density at radius 3 is 2.10 bits per heavy atom. The number of carbonyl (C=O) groups excluding carboxylic acids is 2. The Morgan fingerprint density at radius 1 is 1.05 bits per heavy atom. The standard InChI is InChI=1S/C15H29NO4/c1-6-9-10-13(14(17)19-7-2)16(11-12(4)5)15(18)20-8-3/h12-13H,6-11H2,1-5H3. The number of ether oxygens (including phenoxy) is 2. The molecule has 5 heteroatoms. The van der Waals surface area contributed by atoms with Gasteiger partial charge in [0.2, 0.25) is 0 Å². The number of hydrogen-bond acceptors (Lipinski definition) is 4. The molecule has 0 fully saturated rings. The van der Waals surface area contributed by atoms with Gasteiger partial charge in [0.15, 0.2) is 0 Å². The average Bonchev–Trinajstić information content (AvgIpc) is 2.38. The van der Waals surface area contributed by atoms with Crippen LogP contribution in [0.4, 0.5) is 4.79 Å². The third-order valence-corrected chi connectivity index (χ3v) is 2.83. The molecule has 20 heavy (non-hydrogen) atoms. The molecule has 0 saturated heterocycles. The maximum Gasteiger partial charge on any atom is 0.410 e. The lowest BCUT2D eigenvalue weighted by atomic mass is 10.1. The zero-order chi connectivity index (χ0) is 15.5. The first-order chi connectivity index (χ1) is 9.47. The minimum Gasteiger partial charge on any atom is -0.464 e. The molecule has 0 spiro atoms. The van der Waals surface area contributed by atoms with Gasteiger partial charge in [-0.3, -0.25) is 4.90 Å². The van der Waals surface area contributed by atoms with E-state index < -0.39 is 12.1 Å². The summed E-state index contributed by atoms with van der Waals surface area (Å²) in [5.74, 6) is -0.0763. The van der Waals surface area contributed by atoms with Crippen molar-refractivity contribution in [2.45, 2.75) is 59.9 Å². The number of esters is 1. The molecule has 0 saturated carbocycles. The summed E-state index contributed by atoms with van der Waals surface area (Å²) in [7, 11) is 0. The van der Waals surface area contributed by atoms with E-state index in [0.29, 0.717) is 26.2 Å². The Kier molecular flexibility index (Phi) is 9.86. The molecule has 118 valence electrons. The molecule has 0 aromatic rings. The van der Waals surface area contributed by atoms with E-state index in [0.717, 1.165) is 12.8 Å². The van der Waals surface area contributed by atoms with Crippen LogP contribution in [0.15, 0.2) is 0 Å². The Morgan fingerprint density at radius 2 is 1.65 bits per heavy atom. The molecule has 0 aliphatic rings. The predicted molar refractivity (Wildman–Crippen MR) is 78.5 cm³/mol. The maximum atomic E-state index is 12.1. The highest BCUT2D eigenvalue weighted by Crippen LogP contribution is 2.15. The van der Waals surface area contributed by atoms with Crippen LogP contribution in [0.25, 0.3) is 0 Å². The summed E-state index contributed by atoms with van der Waals surface area (Å²) in [6, 6.07) is -0.545. The summed E-state index contributed by atoms with van der Waals surface area (Å²) in [5.41, 5.74) is 0. The van der Waals surface area contributed by atoms with Crippen molar-refractivity contribution >= 4 is 12.1 Å². The van der Waals surface area contributed by atoms with Crippen LogP contribution in [0.2, 0.25) is 0 Å². The van der Waals surface area contributed by atoms with E-state index in [1.165, 1.54) is 4.90 Å². The fourth-order valence-electron chi connectivity index (χ4n) is 1.97. The topological polar surface area (TPSA) is 55.8 Å². The van der Waals surface area contributed by atoms with Crippen LogP contribution >= 0.6 is 0 Å². The first-order valence-electron chi connectivity index (χ1n) is 7.57. The van der Waals surface area contributed by atoms with E-state index in [4.69, 9.17) is 9.47 Å². The lowest BCUT2D eigenvalue weighted by Gasteiger charge is -2.30. The molecule has 0 bridgehead atoms. The van der Waals surface area contributed by atoms with Crippen molar-refractivity contribution in [1.29, 1.82) is 0 Å². The van der Waals surface area contributed by atoms with Crippen LogP contribution in [-0.4, -0.2) is 42.8 Å². The van der Waals surface area contributed by atoms with Gasteiger partial charge in [-0.25, -0.2) is 9.59 Å². The second-order valence-corrected chi connectivity index (χ2v) is 5.16. The highest BCUT2D eigenvalue weighted by atomic mass is 16.6. The SMILES string of the molecule is CCCCC(C(=O)OCC)N(CC(C)C)C(=O)OCC. The molecule has 5 nitrogen and oxygen atoms in total. The van der Waals surface area contributed by atoms with E-state index in [1.54, 1.807) is 13.8 Å². The van der Waals surface area contributed by atoms with Gasteiger partial charge in [0.25, 0.3) is 0 Å². The molecule has 1 amide bonds. The van der Waals surface area contributed by atoms with Crippen molar-refractivity contribution in [3.05, 3.63) is 0 Å². The Balaban J connectivity index is 5.04. The zero-order valence-electron chi connectivity index (χ0n) is 13.5. The Hall–Kier alpha value is -1.26. The first kappa shape index (κ1) is 18.7. The minimum absolute atomic E-state index is 0.262. The maximum absolute atomic E-state index is 12.1. The quantitative estimate of drug-likeness (QED) is 0.611. The van der Waals surface area contributed by atoms with Crippen molar-refractivity contribution in [3.63, 3.8) is 0 Å². The van der Waals surface area contributed by atoms with E-state index in [2.05, 4.69) is 6.92 Å². The molecule has 0 aromatic carbocycles. The fraction of sp³-hybridized carbons (Fsp3) is 0.867. The fourth-order valence-corrected chi connectivity index (χ4v) is 1.97. The monoisotopic (exact) mass is 287 g/mol. The number of amides is 1. The summed E-state index contributed by atoms with van der Waals surface area (Å²) in [6.07, 6.45) is 2.02. The Labute approximate surface area is 122 Å². The lowest BCUT2D eigenvalue weighted by molar-refractivity contribution is -0.149. The van der Waals surface area contributed by atoms with Gasteiger partial charge in [-0.05, 0) is 26.2 Å². The number of carbonyl (C=O) groups is 2. The number of nitrogens with zero attached hydrogens (tertiary/aromatic N) is 1. The van der Waals surface area contributed by atoms with Gasteiger partial charge in [-0.15, -0.1) is 0 Å². The van der Waals surface area contributed by atoms with E-state index in [9.17, 15) is 9.59 Å². The first-order valence-corrected chi connectivity index (χ1v) is 7.57. The molecule has 0 heterocycles. The van der Waals surface area contributed by atoms with Crippen LogP contribution in [-0.2, 0) is 14.3 Å². The van der Waals surface area contributed by atoms with Gasteiger partial charge >= 0.3 is 12.1 Å². The molecule has 0 aliphatic heterocycles.